The van der Waals surface area contributed by atoms with E-state index in [1.807, 2.05) is 11.9 Å². The highest BCUT2D eigenvalue weighted by atomic mass is 35.5. The topological polar surface area (TPSA) is 46.1 Å². The van der Waals surface area contributed by atoms with E-state index in [0.717, 1.165) is 18.8 Å². The van der Waals surface area contributed by atoms with E-state index in [-0.39, 0.29) is 5.91 Å². The highest BCUT2D eigenvalue weighted by Crippen LogP contribution is 2.29. The van der Waals surface area contributed by atoms with Gasteiger partial charge in [-0.15, -0.1) is 10.2 Å². The summed E-state index contributed by atoms with van der Waals surface area (Å²) in [6, 6.07) is 3.56. The molecule has 1 fully saturated rings. The van der Waals surface area contributed by atoms with Crippen molar-refractivity contribution in [3.8, 4) is 0 Å². The summed E-state index contributed by atoms with van der Waals surface area (Å²) < 4.78 is 0. The van der Waals surface area contributed by atoms with Crippen LogP contribution in [-0.2, 0) is 0 Å². The minimum atomic E-state index is -0.0656. The predicted octanol–water partition coefficient (Wildman–Crippen LogP) is 3.17. The summed E-state index contributed by atoms with van der Waals surface area (Å²) in [5.41, 5.74) is 0.365. The van der Waals surface area contributed by atoms with Crippen LogP contribution in [0, 0.1) is 5.92 Å². The molecule has 1 heterocycles. The lowest BCUT2D eigenvalue weighted by atomic mass is 9.84. The normalized spacial score (nSPS) is 23.1. The SMILES string of the molecule is CCC1CCC(N(C)C(=O)c2ccc(Cl)nn2)CC1. The van der Waals surface area contributed by atoms with Gasteiger partial charge in [-0.3, -0.25) is 4.79 Å². The fourth-order valence-electron chi connectivity index (χ4n) is 2.72. The molecule has 0 atom stereocenters. The molecule has 0 aromatic carbocycles. The van der Waals surface area contributed by atoms with Crippen molar-refractivity contribution < 1.29 is 4.79 Å². The van der Waals surface area contributed by atoms with Crippen LogP contribution in [0.3, 0.4) is 0 Å². The van der Waals surface area contributed by atoms with Crippen molar-refractivity contribution in [3.05, 3.63) is 23.0 Å². The molecule has 1 saturated carbocycles. The molecule has 1 aliphatic carbocycles. The van der Waals surface area contributed by atoms with Crippen molar-refractivity contribution in [2.75, 3.05) is 7.05 Å². The summed E-state index contributed by atoms with van der Waals surface area (Å²) in [4.78, 5) is 14.1. The summed E-state index contributed by atoms with van der Waals surface area (Å²) in [5.74, 6) is 0.763. The zero-order valence-electron chi connectivity index (χ0n) is 11.5. The number of carbonyl (C=O) groups is 1. The van der Waals surface area contributed by atoms with Crippen LogP contribution in [0.4, 0.5) is 0 Å². The number of amides is 1. The van der Waals surface area contributed by atoms with Gasteiger partial charge in [0.05, 0.1) is 0 Å². The van der Waals surface area contributed by atoms with Crippen LogP contribution in [-0.4, -0.2) is 34.1 Å². The molecule has 0 aliphatic heterocycles. The second-order valence-corrected chi connectivity index (χ2v) is 5.63. The molecule has 104 valence electrons. The summed E-state index contributed by atoms with van der Waals surface area (Å²) in [5, 5.41) is 7.88. The molecule has 4 nitrogen and oxygen atoms in total. The first-order valence-electron chi connectivity index (χ1n) is 6.88. The van der Waals surface area contributed by atoms with Crippen molar-refractivity contribution in [1.82, 2.24) is 15.1 Å². The van der Waals surface area contributed by atoms with Crippen LogP contribution in [0.1, 0.15) is 49.5 Å². The number of hydrogen-bond donors (Lipinski definition) is 0. The molecule has 1 aliphatic rings. The van der Waals surface area contributed by atoms with Crippen molar-refractivity contribution in [1.29, 1.82) is 0 Å². The molecule has 0 unspecified atom stereocenters. The number of rotatable bonds is 3. The van der Waals surface area contributed by atoms with Crippen LogP contribution in [0.25, 0.3) is 0 Å². The van der Waals surface area contributed by atoms with E-state index in [4.69, 9.17) is 11.6 Å². The molecule has 19 heavy (non-hydrogen) atoms. The minimum Gasteiger partial charge on any atom is -0.337 e. The van der Waals surface area contributed by atoms with Crippen molar-refractivity contribution in [3.63, 3.8) is 0 Å². The third-order valence-electron chi connectivity index (χ3n) is 4.11. The van der Waals surface area contributed by atoms with E-state index < -0.39 is 0 Å². The molecule has 1 aromatic heterocycles. The van der Waals surface area contributed by atoms with E-state index >= 15 is 0 Å². The molecule has 5 heteroatoms. The van der Waals surface area contributed by atoms with Gasteiger partial charge in [0.25, 0.3) is 5.91 Å². The van der Waals surface area contributed by atoms with Gasteiger partial charge >= 0.3 is 0 Å². The summed E-state index contributed by atoms with van der Waals surface area (Å²) in [7, 11) is 1.86. The summed E-state index contributed by atoms with van der Waals surface area (Å²) in [6.45, 7) is 2.24. The lowest BCUT2D eigenvalue weighted by Crippen LogP contribution is -2.39. The monoisotopic (exact) mass is 281 g/mol. The van der Waals surface area contributed by atoms with E-state index in [9.17, 15) is 4.79 Å². The van der Waals surface area contributed by atoms with Crippen molar-refractivity contribution in [2.24, 2.45) is 5.92 Å². The Morgan fingerprint density at radius 3 is 2.53 bits per heavy atom. The largest absolute Gasteiger partial charge is 0.337 e. The van der Waals surface area contributed by atoms with Gasteiger partial charge in [-0.25, -0.2) is 0 Å². The Hall–Kier alpha value is -1.16. The van der Waals surface area contributed by atoms with Crippen LogP contribution >= 0.6 is 11.6 Å². The van der Waals surface area contributed by atoms with Gasteiger partial charge in [-0.2, -0.15) is 0 Å². The van der Waals surface area contributed by atoms with E-state index in [2.05, 4.69) is 17.1 Å². The third kappa shape index (κ3) is 3.44. The number of nitrogens with zero attached hydrogens (tertiary/aromatic N) is 3. The fraction of sp³-hybridized carbons (Fsp3) is 0.643. The van der Waals surface area contributed by atoms with E-state index in [1.165, 1.54) is 19.3 Å². The van der Waals surface area contributed by atoms with Crippen molar-refractivity contribution in [2.45, 2.75) is 45.1 Å². The summed E-state index contributed by atoms with van der Waals surface area (Å²) >= 11 is 5.68. The molecule has 0 radical (unpaired) electrons. The highest BCUT2D eigenvalue weighted by molar-refractivity contribution is 6.29. The lowest BCUT2D eigenvalue weighted by Gasteiger charge is -2.34. The van der Waals surface area contributed by atoms with Gasteiger partial charge in [0.2, 0.25) is 0 Å². The zero-order valence-corrected chi connectivity index (χ0v) is 12.2. The Kier molecular flexibility index (Phi) is 4.75. The molecule has 0 bridgehead atoms. The minimum absolute atomic E-state index is 0.0656. The summed E-state index contributed by atoms with van der Waals surface area (Å²) in [6.07, 6.45) is 5.84. The average Bonchev–Trinajstić information content (AvgIpc) is 2.46. The van der Waals surface area contributed by atoms with Gasteiger partial charge in [0, 0.05) is 13.1 Å². The second kappa shape index (κ2) is 6.33. The molecule has 1 aromatic rings. The first kappa shape index (κ1) is 14.3. The molecular weight excluding hydrogens is 262 g/mol. The maximum Gasteiger partial charge on any atom is 0.274 e. The van der Waals surface area contributed by atoms with Crippen LogP contribution in [0.5, 0.6) is 0 Å². The Bertz CT molecular complexity index is 427. The Morgan fingerprint density at radius 1 is 1.32 bits per heavy atom. The van der Waals surface area contributed by atoms with Crippen LogP contribution in [0.2, 0.25) is 5.15 Å². The first-order chi connectivity index (χ1) is 9.11. The number of halogens is 1. The second-order valence-electron chi connectivity index (χ2n) is 5.24. The van der Waals surface area contributed by atoms with Gasteiger partial charge in [0.1, 0.15) is 0 Å². The van der Waals surface area contributed by atoms with Gasteiger partial charge in [0.15, 0.2) is 10.8 Å². The highest BCUT2D eigenvalue weighted by Gasteiger charge is 2.26. The maximum absolute atomic E-state index is 12.3. The Morgan fingerprint density at radius 2 is 2.00 bits per heavy atom. The smallest absolute Gasteiger partial charge is 0.274 e. The molecule has 1 amide bonds. The standard InChI is InChI=1S/C14H20ClN3O/c1-3-10-4-6-11(7-5-10)18(2)14(19)12-8-9-13(15)17-16-12/h8-11H,3-7H2,1-2H3. The third-order valence-corrected chi connectivity index (χ3v) is 4.31. The van der Waals surface area contributed by atoms with Gasteiger partial charge < -0.3 is 4.90 Å². The molecular formula is C14H20ClN3O. The number of aromatic nitrogens is 2. The van der Waals surface area contributed by atoms with E-state index in [0.29, 0.717) is 16.9 Å². The molecule has 0 spiro atoms. The predicted molar refractivity (Wildman–Crippen MR) is 75.2 cm³/mol. The molecule has 0 N–H and O–H groups in total. The van der Waals surface area contributed by atoms with Crippen LogP contribution < -0.4 is 0 Å². The van der Waals surface area contributed by atoms with E-state index in [1.54, 1.807) is 12.1 Å². The van der Waals surface area contributed by atoms with Gasteiger partial charge in [-0.05, 0) is 43.7 Å². The van der Waals surface area contributed by atoms with Gasteiger partial charge in [-0.1, -0.05) is 24.9 Å². The maximum atomic E-state index is 12.3. The number of hydrogen-bond acceptors (Lipinski definition) is 3. The Balaban J connectivity index is 1.98. The van der Waals surface area contributed by atoms with Crippen molar-refractivity contribution >= 4 is 17.5 Å². The lowest BCUT2D eigenvalue weighted by molar-refractivity contribution is 0.0667. The molecule has 0 saturated heterocycles. The zero-order chi connectivity index (χ0) is 13.8. The first-order valence-corrected chi connectivity index (χ1v) is 7.26. The molecule has 2 rings (SSSR count). The quantitative estimate of drug-likeness (QED) is 0.855. The number of carbonyl (C=O) groups excluding carboxylic acids is 1. The van der Waals surface area contributed by atoms with Crippen LogP contribution in [0.15, 0.2) is 12.1 Å². The Labute approximate surface area is 119 Å². The fourth-order valence-corrected chi connectivity index (χ4v) is 2.82. The average molecular weight is 282 g/mol.